The van der Waals surface area contributed by atoms with E-state index in [4.69, 9.17) is 10.6 Å². The van der Waals surface area contributed by atoms with Gasteiger partial charge in [-0.3, -0.25) is 5.73 Å². The van der Waals surface area contributed by atoms with E-state index < -0.39 is 17.6 Å². The van der Waals surface area contributed by atoms with E-state index in [2.05, 4.69) is 10.1 Å². The number of carboxylic acid groups (broad SMARTS) is 1. The molecule has 4 rings (SSSR count). The molecule has 0 aliphatic carbocycles. The van der Waals surface area contributed by atoms with Crippen molar-refractivity contribution in [2.24, 2.45) is 10.9 Å². The largest absolute Gasteiger partial charge is 0.477 e. The standard InChI is InChI=1S/C25H21N3O3S/c26-23(21-16-32-17-27-21)31-28-22(24(29)30)25(18-10-4-1-5-11-18,19-12-6-2-7-13-19)20-14-8-3-9-15-20/h1-17,23H,26H2,(H,29,30)/b28-22+. The van der Waals surface area contributed by atoms with Gasteiger partial charge in [0.15, 0.2) is 5.71 Å². The third-order valence-electron chi connectivity index (χ3n) is 5.18. The molecular weight excluding hydrogens is 422 g/mol. The Bertz CT molecular complexity index is 1080. The molecule has 0 aliphatic heterocycles. The third-order valence-corrected chi connectivity index (χ3v) is 5.78. The van der Waals surface area contributed by atoms with Gasteiger partial charge < -0.3 is 9.94 Å². The van der Waals surface area contributed by atoms with Crippen LogP contribution in [0.25, 0.3) is 0 Å². The van der Waals surface area contributed by atoms with Gasteiger partial charge in [0.25, 0.3) is 0 Å². The predicted octanol–water partition coefficient (Wildman–Crippen LogP) is 4.59. The second-order valence-corrected chi connectivity index (χ2v) is 7.75. The number of carboxylic acids is 1. The van der Waals surface area contributed by atoms with Crippen molar-refractivity contribution in [1.29, 1.82) is 0 Å². The van der Waals surface area contributed by atoms with E-state index in [1.165, 1.54) is 11.3 Å². The van der Waals surface area contributed by atoms with Crippen molar-refractivity contribution in [3.63, 3.8) is 0 Å². The molecule has 3 N–H and O–H groups in total. The number of thiazole rings is 1. The first-order valence-electron chi connectivity index (χ1n) is 9.92. The number of nitrogens with zero attached hydrogens (tertiary/aromatic N) is 2. The molecule has 160 valence electrons. The molecule has 1 heterocycles. The van der Waals surface area contributed by atoms with Crippen LogP contribution in [-0.4, -0.2) is 21.8 Å². The second-order valence-electron chi connectivity index (χ2n) is 7.03. The molecule has 1 atom stereocenters. The van der Waals surface area contributed by atoms with E-state index in [-0.39, 0.29) is 5.71 Å². The minimum Gasteiger partial charge on any atom is -0.477 e. The Morgan fingerprint density at radius 1 is 0.906 bits per heavy atom. The van der Waals surface area contributed by atoms with Gasteiger partial charge >= 0.3 is 5.97 Å². The number of aromatic nitrogens is 1. The van der Waals surface area contributed by atoms with E-state index in [1.807, 2.05) is 91.0 Å². The highest BCUT2D eigenvalue weighted by Crippen LogP contribution is 2.41. The minimum absolute atomic E-state index is 0.202. The number of oxime groups is 1. The number of hydrogen-bond donors (Lipinski definition) is 2. The topological polar surface area (TPSA) is 97.8 Å². The highest BCUT2D eigenvalue weighted by molar-refractivity contribution is 7.07. The summed E-state index contributed by atoms with van der Waals surface area (Å²) in [5.41, 5.74) is 8.96. The summed E-state index contributed by atoms with van der Waals surface area (Å²) >= 11 is 1.37. The van der Waals surface area contributed by atoms with Gasteiger partial charge in [0, 0.05) is 5.38 Å². The van der Waals surface area contributed by atoms with Crippen molar-refractivity contribution in [3.05, 3.63) is 124 Å². The number of nitrogens with two attached hydrogens (primary N) is 1. The van der Waals surface area contributed by atoms with Gasteiger partial charge in [0.05, 0.1) is 10.9 Å². The Labute approximate surface area is 189 Å². The van der Waals surface area contributed by atoms with E-state index >= 15 is 0 Å². The fourth-order valence-electron chi connectivity index (χ4n) is 3.77. The van der Waals surface area contributed by atoms with Gasteiger partial charge in [0.2, 0.25) is 6.23 Å². The maximum atomic E-state index is 12.7. The summed E-state index contributed by atoms with van der Waals surface area (Å²) in [5.74, 6) is -1.22. The van der Waals surface area contributed by atoms with Crippen LogP contribution in [0.15, 0.2) is 107 Å². The van der Waals surface area contributed by atoms with Crippen LogP contribution in [0.2, 0.25) is 0 Å². The van der Waals surface area contributed by atoms with Crippen LogP contribution in [0, 0.1) is 0 Å². The van der Waals surface area contributed by atoms with Crippen molar-refractivity contribution in [1.82, 2.24) is 4.98 Å². The zero-order chi connectivity index (χ0) is 22.4. The lowest BCUT2D eigenvalue weighted by Gasteiger charge is -2.35. The van der Waals surface area contributed by atoms with Crippen molar-refractivity contribution in [2.45, 2.75) is 11.6 Å². The predicted molar refractivity (Wildman–Crippen MR) is 124 cm³/mol. The molecule has 0 spiro atoms. The Morgan fingerprint density at radius 3 is 1.75 bits per heavy atom. The molecule has 4 aromatic rings. The van der Waals surface area contributed by atoms with E-state index in [0.717, 1.165) is 16.7 Å². The van der Waals surface area contributed by atoms with Crippen molar-refractivity contribution < 1.29 is 14.7 Å². The van der Waals surface area contributed by atoms with Crippen LogP contribution in [-0.2, 0) is 15.0 Å². The summed E-state index contributed by atoms with van der Waals surface area (Å²) in [4.78, 5) is 22.3. The number of rotatable bonds is 8. The van der Waals surface area contributed by atoms with E-state index in [1.54, 1.807) is 10.9 Å². The van der Waals surface area contributed by atoms with Gasteiger partial charge in [-0.2, -0.15) is 0 Å². The molecule has 1 unspecified atom stereocenters. The summed E-state index contributed by atoms with van der Waals surface area (Å²) in [6.07, 6.45) is -0.990. The Balaban J connectivity index is 1.98. The minimum atomic E-state index is -1.24. The summed E-state index contributed by atoms with van der Waals surface area (Å²) in [6, 6.07) is 28.2. The van der Waals surface area contributed by atoms with Crippen LogP contribution in [0.3, 0.4) is 0 Å². The first kappa shape index (κ1) is 21.4. The van der Waals surface area contributed by atoms with Crippen LogP contribution < -0.4 is 5.73 Å². The molecule has 0 fully saturated rings. The zero-order valence-electron chi connectivity index (χ0n) is 17.0. The maximum Gasteiger partial charge on any atom is 0.355 e. The van der Waals surface area contributed by atoms with Crippen molar-refractivity contribution in [3.8, 4) is 0 Å². The molecule has 6 nitrogen and oxygen atoms in total. The quantitative estimate of drug-likeness (QED) is 0.180. The number of aliphatic carboxylic acids is 1. The van der Waals surface area contributed by atoms with Gasteiger partial charge in [-0.25, -0.2) is 9.78 Å². The molecule has 0 saturated carbocycles. The van der Waals surface area contributed by atoms with Crippen molar-refractivity contribution >= 4 is 23.0 Å². The molecule has 3 aromatic carbocycles. The smallest absolute Gasteiger partial charge is 0.355 e. The Morgan fingerprint density at radius 2 is 1.38 bits per heavy atom. The molecule has 0 amide bonds. The van der Waals surface area contributed by atoms with Crippen LogP contribution in [0.4, 0.5) is 0 Å². The lowest BCUT2D eigenvalue weighted by atomic mass is 9.66. The van der Waals surface area contributed by atoms with Gasteiger partial charge in [0.1, 0.15) is 5.69 Å². The molecule has 32 heavy (non-hydrogen) atoms. The number of carbonyl (C=O) groups is 1. The lowest BCUT2D eigenvalue weighted by Crippen LogP contribution is -2.43. The Hall–Kier alpha value is -3.81. The summed E-state index contributed by atoms with van der Waals surface area (Å²) < 4.78 is 0. The normalized spacial score (nSPS) is 12.8. The van der Waals surface area contributed by atoms with Crippen LogP contribution >= 0.6 is 11.3 Å². The SMILES string of the molecule is NC(O/N=C(\C(=O)O)C(c1ccccc1)(c1ccccc1)c1ccccc1)c1cscn1. The van der Waals surface area contributed by atoms with Crippen LogP contribution in [0.5, 0.6) is 0 Å². The summed E-state index contributed by atoms with van der Waals surface area (Å²) in [5, 5.41) is 16.2. The zero-order valence-corrected chi connectivity index (χ0v) is 17.9. The average molecular weight is 444 g/mol. The van der Waals surface area contributed by atoms with E-state index in [0.29, 0.717) is 5.69 Å². The molecule has 1 aromatic heterocycles. The fraction of sp³-hybridized carbons (Fsp3) is 0.0800. The second kappa shape index (κ2) is 9.55. The van der Waals surface area contributed by atoms with Crippen LogP contribution in [0.1, 0.15) is 28.6 Å². The molecule has 0 radical (unpaired) electrons. The van der Waals surface area contributed by atoms with Crippen molar-refractivity contribution in [2.75, 3.05) is 0 Å². The number of benzene rings is 3. The summed E-state index contributed by atoms with van der Waals surface area (Å²) in [7, 11) is 0. The molecule has 0 aliphatic rings. The monoisotopic (exact) mass is 443 g/mol. The maximum absolute atomic E-state index is 12.7. The highest BCUT2D eigenvalue weighted by Gasteiger charge is 2.46. The average Bonchev–Trinajstić information content (AvgIpc) is 3.38. The van der Waals surface area contributed by atoms with Gasteiger partial charge in [-0.1, -0.05) is 96.2 Å². The molecule has 0 saturated heterocycles. The van der Waals surface area contributed by atoms with Gasteiger partial charge in [-0.05, 0) is 16.7 Å². The third kappa shape index (κ3) is 4.03. The molecular formula is C25H21N3O3S. The molecule has 0 bridgehead atoms. The lowest BCUT2D eigenvalue weighted by molar-refractivity contribution is -0.130. The number of hydrogen-bond acceptors (Lipinski definition) is 6. The first-order valence-corrected chi connectivity index (χ1v) is 10.9. The van der Waals surface area contributed by atoms with E-state index in [9.17, 15) is 9.90 Å². The fourth-order valence-corrected chi connectivity index (χ4v) is 4.35. The highest BCUT2D eigenvalue weighted by atomic mass is 32.1. The Kier molecular flexibility index (Phi) is 6.39. The first-order chi connectivity index (χ1) is 15.6. The molecule has 7 heteroatoms. The summed E-state index contributed by atoms with van der Waals surface area (Å²) in [6.45, 7) is 0. The van der Waals surface area contributed by atoms with Gasteiger partial charge in [-0.15, -0.1) is 11.3 Å².